The van der Waals surface area contributed by atoms with Crippen LogP contribution in [0.1, 0.15) is 227 Å². The second-order valence-corrected chi connectivity index (χ2v) is 19.7. The van der Waals surface area contributed by atoms with E-state index in [1.54, 1.807) is 58.5 Å². The van der Waals surface area contributed by atoms with Crippen LogP contribution in [0.3, 0.4) is 0 Å². The minimum atomic E-state index is -0.410. The number of hydrogen-bond acceptors (Lipinski definition) is 0. The van der Waals surface area contributed by atoms with E-state index in [-0.39, 0.29) is 0 Å². The SMILES string of the molecule is CCCCCCC[CH2][AlH][CH2]CCCCCCC.CCCCCCC[CH2][Al]([CH2]CCCCCCC)[CH2]CCCCCCC. The quantitative estimate of drug-likeness (QED) is 0.0488. The summed E-state index contributed by atoms with van der Waals surface area (Å²) in [7, 11) is 0. The van der Waals surface area contributed by atoms with Crippen molar-refractivity contribution in [2.24, 2.45) is 0 Å². The van der Waals surface area contributed by atoms with Gasteiger partial charge in [0.05, 0.1) is 0 Å². The summed E-state index contributed by atoms with van der Waals surface area (Å²) >= 11 is -0.0779. The highest BCUT2D eigenvalue weighted by atomic mass is 27.2. The first-order chi connectivity index (χ1) is 20.8. The highest BCUT2D eigenvalue weighted by molar-refractivity contribution is 6.58. The highest BCUT2D eigenvalue weighted by Gasteiger charge is 2.15. The maximum Gasteiger partial charge on any atom is 0.261 e. The standard InChI is InChI=1S/5C8H17.2Al.H/c5*1-3-5-7-8-6-4-2;;;/h5*1,3-8H2,2H3;;;. The van der Waals surface area contributed by atoms with Crippen molar-refractivity contribution in [3.63, 3.8) is 0 Å². The molecule has 0 bridgehead atoms. The molecule has 42 heavy (non-hydrogen) atoms. The molecule has 2 heteroatoms. The van der Waals surface area contributed by atoms with Crippen molar-refractivity contribution in [1.29, 1.82) is 0 Å². The normalized spacial score (nSPS) is 11.0. The molecule has 0 saturated heterocycles. The van der Waals surface area contributed by atoms with Gasteiger partial charge in [-0.2, -0.15) is 0 Å². The largest absolute Gasteiger partial charge is 0.261 e. The molecule has 0 N–H and O–H groups in total. The Balaban J connectivity index is 0. The van der Waals surface area contributed by atoms with E-state index in [1.165, 1.54) is 161 Å². The van der Waals surface area contributed by atoms with Crippen LogP contribution in [0.25, 0.3) is 0 Å². The smallest absolute Gasteiger partial charge is 0.0972 e. The van der Waals surface area contributed by atoms with Gasteiger partial charge in [-0.05, 0) is 0 Å². The molecule has 0 aliphatic carbocycles. The van der Waals surface area contributed by atoms with Gasteiger partial charge < -0.3 is 0 Å². The summed E-state index contributed by atoms with van der Waals surface area (Å²) in [4.78, 5) is 0. The van der Waals surface area contributed by atoms with Crippen molar-refractivity contribution in [3.8, 4) is 0 Å². The Morgan fingerprint density at radius 2 is 0.476 bits per heavy atom. The van der Waals surface area contributed by atoms with Gasteiger partial charge in [0.25, 0.3) is 14.1 Å². The fraction of sp³-hybridized carbons (Fsp3) is 1.00. The minimum absolute atomic E-state index is 0.332. The molecular formula is C40H86Al2. The van der Waals surface area contributed by atoms with E-state index in [4.69, 9.17) is 0 Å². The van der Waals surface area contributed by atoms with Gasteiger partial charge in [0, 0.05) is 0 Å². The van der Waals surface area contributed by atoms with E-state index in [0.717, 1.165) is 0 Å². The maximum absolute atomic E-state index is 2.32. The Kier molecular flexibility index (Phi) is 47.5. The molecule has 0 radical (unpaired) electrons. The zero-order valence-corrected chi connectivity index (χ0v) is 33.6. The molecule has 0 amide bonds. The molecule has 252 valence electrons. The molecule has 0 unspecified atom stereocenters. The van der Waals surface area contributed by atoms with Crippen LogP contribution in [-0.4, -0.2) is 29.4 Å². The minimum Gasteiger partial charge on any atom is -0.0972 e. The van der Waals surface area contributed by atoms with Crippen molar-refractivity contribution in [1.82, 2.24) is 0 Å². The lowest BCUT2D eigenvalue weighted by Crippen LogP contribution is -2.12. The molecule has 0 nitrogen and oxygen atoms in total. The molecule has 0 spiro atoms. The molecule has 0 aromatic carbocycles. The first-order valence-electron chi connectivity index (χ1n) is 20.8. The van der Waals surface area contributed by atoms with Gasteiger partial charge in [0.15, 0.2) is 0 Å². The van der Waals surface area contributed by atoms with E-state index < -0.39 is 14.1 Å². The van der Waals surface area contributed by atoms with Gasteiger partial charge in [-0.3, -0.25) is 0 Å². The summed E-state index contributed by atoms with van der Waals surface area (Å²) in [6.45, 7) is 11.6. The van der Waals surface area contributed by atoms with E-state index in [2.05, 4.69) is 34.6 Å². The van der Waals surface area contributed by atoms with Gasteiger partial charge in [-0.25, -0.2) is 0 Å². The summed E-state index contributed by atoms with van der Waals surface area (Å²) < 4.78 is 0. The van der Waals surface area contributed by atoms with Crippen LogP contribution in [0.5, 0.6) is 0 Å². The zero-order valence-electron chi connectivity index (χ0n) is 31.0. The van der Waals surface area contributed by atoms with E-state index in [1.807, 2.05) is 0 Å². The Bertz CT molecular complexity index is 372. The zero-order chi connectivity index (χ0) is 31.0. The van der Waals surface area contributed by atoms with Gasteiger partial charge in [0.2, 0.25) is 15.2 Å². The van der Waals surface area contributed by atoms with Crippen LogP contribution >= 0.6 is 0 Å². The van der Waals surface area contributed by atoms with Crippen LogP contribution in [0.2, 0.25) is 26.4 Å². The highest BCUT2D eigenvalue weighted by Crippen LogP contribution is 2.20. The van der Waals surface area contributed by atoms with E-state index in [9.17, 15) is 0 Å². The third-order valence-electron chi connectivity index (χ3n) is 9.60. The maximum atomic E-state index is 2.32. The number of hydrogen-bond donors (Lipinski definition) is 0. The Hall–Kier alpha value is 1.06. The summed E-state index contributed by atoms with van der Waals surface area (Å²) in [6.07, 6.45) is 44.5. The van der Waals surface area contributed by atoms with Crippen LogP contribution < -0.4 is 0 Å². The van der Waals surface area contributed by atoms with Crippen LogP contribution in [0.4, 0.5) is 0 Å². The Morgan fingerprint density at radius 1 is 0.262 bits per heavy atom. The monoisotopic (exact) mass is 621 g/mol. The fourth-order valence-corrected chi connectivity index (χ4v) is 11.7. The fourth-order valence-electron chi connectivity index (χ4n) is 6.52. The molecule has 0 atom stereocenters. The predicted octanol–water partition coefficient (Wildman–Crippen LogP) is 15.5. The Labute approximate surface area is 281 Å². The lowest BCUT2D eigenvalue weighted by atomic mass is 10.1. The van der Waals surface area contributed by atoms with Gasteiger partial charge in [-0.1, -0.05) is 254 Å². The van der Waals surface area contributed by atoms with Gasteiger partial charge in [0.1, 0.15) is 0 Å². The summed E-state index contributed by atoms with van der Waals surface area (Å²) in [5.41, 5.74) is 0. The third-order valence-corrected chi connectivity index (χ3v) is 15.3. The first-order valence-corrected chi connectivity index (χ1v) is 25.2. The molecular weight excluding hydrogens is 534 g/mol. The first kappa shape index (κ1) is 45.2. The second-order valence-electron chi connectivity index (χ2n) is 14.1. The Morgan fingerprint density at radius 3 is 0.738 bits per heavy atom. The lowest BCUT2D eigenvalue weighted by Gasteiger charge is -2.12. The summed E-state index contributed by atoms with van der Waals surface area (Å²) in [6, 6.07) is 0. The van der Waals surface area contributed by atoms with Crippen molar-refractivity contribution >= 4 is 29.4 Å². The lowest BCUT2D eigenvalue weighted by molar-refractivity contribution is 0.610. The molecule has 0 fully saturated rings. The summed E-state index contributed by atoms with van der Waals surface area (Å²) in [5, 5.41) is 8.24. The molecule has 0 saturated carbocycles. The number of unbranched alkanes of at least 4 members (excludes halogenated alkanes) is 25. The van der Waals surface area contributed by atoms with E-state index >= 15 is 0 Å². The van der Waals surface area contributed by atoms with Crippen molar-refractivity contribution < 1.29 is 0 Å². The molecule has 0 heterocycles. The number of rotatable bonds is 35. The van der Waals surface area contributed by atoms with Gasteiger partial charge >= 0.3 is 0 Å². The summed E-state index contributed by atoms with van der Waals surface area (Å²) in [5.74, 6) is 0. The van der Waals surface area contributed by atoms with Gasteiger partial charge in [-0.15, -0.1) is 0 Å². The van der Waals surface area contributed by atoms with E-state index in [0.29, 0.717) is 15.2 Å². The molecule has 0 aliphatic heterocycles. The van der Waals surface area contributed by atoms with Crippen molar-refractivity contribution in [3.05, 3.63) is 0 Å². The average Bonchev–Trinajstić information content (AvgIpc) is 3.00. The second kappa shape index (κ2) is 44.2. The van der Waals surface area contributed by atoms with Crippen molar-refractivity contribution in [2.75, 3.05) is 0 Å². The predicted molar refractivity (Wildman–Crippen MR) is 204 cm³/mol. The molecule has 0 aliphatic rings. The molecule has 0 aromatic heterocycles. The van der Waals surface area contributed by atoms with Crippen LogP contribution in [0, 0.1) is 0 Å². The molecule has 0 aromatic rings. The third kappa shape index (κ3) is 43.2. The topological polar surface area (TPSA) is 0 Å². The van der Waals surface area contributed by atoms with Crippen molar-refractivity contribution in [2.45, 2.75) is 254 Å². The average molecular weight is 621 g/mol. The van der Waals surface area contributed by atoms with Crippen LogP contribution in [-0.2, 0) is 0 Å². The molecule has 0 rings (SSSR count). The van der Waals surface area contributed by atoms with Crippen LogP contribution in [0.15, 0.2) is 0 Å².